The molecule has 1 aliphatic rings. The van der Waals surface area contributed by atoms with Gasteiger partial charge in [0.2, 0.25) is 0 Å². The lowest BCUT2D eigenvalue weighted by Gasteiger charge is -2.32. The second-order valence-electron chi connectivity index (χ2n) is 5.63. The molecule has 0 saturated carbocycles. The number of nitrogens with zero attached hydrogens (tertiary/aromatic N) is 1. The fourth-order valence-electron chi connectivity index (χ4n) is 2.93. The van der Waals surface area contributed by atoms with Crippen molar-refractivity contribution in [3.63, 3.8) is 0 Å². The number of unbranched alkanes of at least 4 members (excludes halogenated alkanes) is 5. The standard InChI is InChI=1S/C15H32N2/c1-3-4-5-6-7-8-11-17-12-9-10-15(14-17)13-16-2/h15-16H,3-14H2,1-2H3. The molecule has 0 aromatic rings. The van der Waals surface area contributed by atoms with Crippen molar-refractivity contribution < 1.29 is 0 Å². The Kier molecular flexibility index (Phi) is 8.72. The molecule has 0 amide bonds. The zero-order valence-electron chi connectivity index (χ0n) is 12.0. The molecule has 102 valence electrons. The average molecular weight is 240 g/mol. The van der Waals surface area contributed by atoms with Gasteiger partial charge in [0.25, 0.3) is 0 Å². The van der Waals surface area contributed by atoms with Crippen LogP contribution in [0.15, 0.2) is 0 Å². The molecule has 1 unspecified atom stereocenters. The van der Waals surface area contributed by atoms with Gasteiger partial charge in [-0.25, -0.2) is 0 Å². The van der Waals surface area contributed by atoms with Crippen LogP contribution >= 0.6 is 0 Å². The molecule has 1 aliphatic heterocycles. The summed E-state index contributed by atoms with van der Waals surface area (Å²) < 4.78 is 0. The smallest absolute Gasteiger partial charge is 0.00218 e. The summed E-state index contributed by atoms with van der Waals surface area (Å²) in [6.45, 7) is 7.50. The highest BCUT2D eigenvalue weighted by Crippen LogP contribution is 2.16. The summed E-state index contributed by atoms with van der Waals surface area (Å²) in [4.78, 5) is 2.69. The molecule has 0 radical (unpaired) electrons. The summed E-state index contributed by atoms with van der Waals surface area (Å²) in [6, 6.07) is 0. The lowest BCUT2D eigenvalue weighted by molar-refractivity contribution is 0.171. The Morgan fingerprint density at radius 1 is 1.12 bits per heavy atom. The second-order valence-corrected chi connectivity index (χ2v) is 5.63. The normalized spacial score (nSPS) is 21.9. The van der Waals surface area contributed by atoms with Gasteiger partial charge < -0.3 is 10.2 Å². The molecule has 0 bridgehead atoms. The average Bonchev–Trinajstić information content (AvgIpc) is 2.35. The van der Waals surface area contributed by atoms with Gasteiger partial charge in [-0.15, -0.1) is 0 Å². The molecule has 1 rings (SSSR count). The van der Waals surface area contributed by atoms with E-state index in [4.69, 9.17) is 0 Å². The molecule has 1 N–H and O–H groups in total. The minimum Gasteiger partial charge on any atom is -0.319 e. The van der Waals surface area contributed by atoms with E-state index < -0.39 is 0 Å². The van der Waals surface area contributed by atoms with Crippen LogP contribution in [-0.4, -0.2) is 38.1 Å². The van der Waals surface area contributed by atoms with Crippen LogP contribution in [0.1, 0.15) is 58.3 Å². The van der Waals surface area contributed by atoms with Crippen molar-refractivity contribution in [1.29, 1.82) is 0 Å². The minimum atomic E-state index is 0.897. The third-order valence-electron chi connectivity index (χ3n) is 3.92. The molecule has 0 aromatic carbocycles. The first-order valence-corrected chi connectivity index (χ1v) is 7.73. The van der Waals surface area contributed by atoms with Crippen molar-refractivity contribution in [2.75, 3.05) is 33.2 Å². The van der Waals surface area contributed by atoms with E-state index in [-0.39, 0.29) is 0 Å². The Morgan fingerprint density at radius 2 is 1.88 bits per heavy atom. The molecular weight excluding hydrogens is 208 g/mol. The van der Waals surface area contributed by atoms with Crippen molar-refractivity contribution in [3.8, 4) is 0 Å². The maximum absolute atomic E-state index is 3.32. The van der Waals surface area contributed by atoms with Gasteiger partial charge in [0, 0.05) is 6.54 Å². The number of rotatable bonds is 9. The van der Waals surface area contributed by atoms with E-state index in [2.05, 4.69) is 24.2 Å². The fraction of sp³-hybridized carbons (Fsp3) is 1.00. The maximum atomic E-state index is 3.32. The quantitative estimate of drug-likeness (QED) is 0.622. The van der Waals surface area contributed by atoms with E-state index in [1.807, 2.05) is 0 Å². The minimum absolute atomic E-state index is 0.897. The predicted octanol–water partition coefficient (Wildman–Crippen LogP) is 3.28. The van der Waals surface area contributed by atoms with Gasteiger partial charge in [-0.2, -0.15) is 0 Å². The SMILES string of the molecule is CCCCCCCCN1CCCC(CNC)C1. The first-order valence-electron chi connectivity index (χ1n) is 7.73. The third kappa shape index (κ3) is 7.05. The predicted molar refractivity (Wildman–Crippen MR) is 76.5 cm³/mol. The highest BCUT2D eigenvalue weighted by atomic mass is 15.1. The van der Waals surface area contributed by atoms with Crippen molar-refractivity contribution in [2.45, 2.75) is 58.3 Å². The Balaban J connectivity index is 1.98. The molecule has 1 fully saturated rings. The monoisotopic (exact) mass is 240 g/mol. The number of piperidine rings is 1. The number of hydrogen-bond donors (Lipinski definition) is 1. The lowest BCUT2D eigenvalue weighted by Crippen LogP contribution is -2.39. The Morgan fingerprint density at radius 3 is 2.65 bits per heavy atom. The maximum Gasteiger partial charge on any atom is 0.00218 e. The van der Waals surface area contributed by atoms with E-state index in [1.54, 1.807) is 0 Å². The summed E-state index contributed by atoms with van der Waals surface area (Å²) in [6.07, 6.45) is 11.4. The lowest BCUT2D eigenvalue weighted by atomic mass is 9.98. The van der Waals surface area contributed by atoms with Crippen LogP contribution in [0, 0.1) is 5.92 Å². The molecule has 0 aliphatic carbocycles. The van der Waals surface area contributed by atoms with E-state index in [0.717, 1.165) is 5.92 Å². The number of likely N-dealkylation sites (tertiary alicyclic amines) is 1. The molecule has 1 saturated heterocycles. The molecule has 17 heavy (non-hydrogen) atoms. The Bertz CT molecular complexity index is 168. The molecule has 1 heterocycles. The van der Waals surface area contributed by atoms with Gasteiger partial charge in [0.15, 0.2) is 0 Å². The largest absolute Gasteiger partial charge is 0.319 e. The Hall–Kier alpha value is -0.0800. The number of nitrogens with one attached hydrogen (secondary N) is 1. The summed E-state index contributed by atoms with van der Waals surface area (Å²) in [5.41, 5.74) is 0. The zero-order chi connectivity index (χ0) is 12.3. The third-order valence-corrected chi connectivity index (χ3v) is 3.92. The van der Waals surface area contributed by atoms with Crippen molar-refractivity contribution in [1.82, 2.24) is 10.2 Å². The van der Waals surface area contributed by atoms with Crippen molar-refractivity contribution in [2.24, 2.45) is 5.92 Å². The van der Waals surface area contributed by atoms with E-state index in [0.29, 0.717) is 0 Å². The first-order chi connectivity index (χ1) is 8.36. The molecule has 0 spiro atoms. The molecular formula is C15H32N2. The summed E-state index contributed by atoms with van der Waals surface area (Å²) in [5, 5.41) is 3.32. The fourth-order valence-corrected chi connectivity index (χ4v) is 2.93. The van der Waals surface area contributed by atoms with Gasteiger partial charge in [-0.1, -0.05) is 39.0 Å². The van der Waals surface area contributed by atoms with Crippen LogP contribution in [0.5, 0.6) is 0 Å². The van der Waals surface area contributed by atoms with E-state index in [9.17, 15) is 0 Å². The van der Waals surface area contributed by atoms with Crippen LogP contribution in [0.2, 0.25) is 0 Å². The summed E-state index contributed by atoms with van der Waals surface area (Å²) >= 11 is 0. The number of hydrogen-bond acceptors (Lipinski definition) is 2. The van der Waals surface area contributed by atoms with Crippen LogP contribution in [0.25, 0.3) is 0 Å². The highest BCUT2D eigenvalue weighted by Gasteiger charge is 2.18. The van der Waals surface area contributed by atoms with E-state index >= 15 is 0 Å². The second kappa shape index (κ2) is 9.90. The molecule has 2 heteroatoms. The molecule has 2 nitrogen and oxygen atoms in total. The first kappa shape index (κ1) is 15.0. The van der Waals surface area contributed by atoms with Gasteiger partial charge >= 0.3 is 0 Å². The van der Waals surface area contributed by atoms with Gasteiger partial charge in [-0.3, -0.25) is 0 Å². The van der Waals surface area contributed by atoms with Gasteiger partial charge in [0.05, 0.1) is 0 Å². The van der Waals surface area contributed by atoms with Crippen LogP contribution in [-0.2, 0) is 0 Å². The topological polar surface area (TPSA) is 15.3 Å². The highest BCUT2D eigenvalue weighted by molar-refractivity contribution is 4.73. The Labute approximate surface area is 108 Å². The molecule has 0 aromatic heterocycles. The van der Waals surface area contributed by atoms with Crippen LogP contribution in [0.3, 0.4) is 0 Å². The van der Waals surface area contributed by atoms with E-state index in [1.165, 1.54) is 77.5 Å². The van der Waals surface area contributed by atoms with Gasteiger partial charge in [0.1, 0.15) is 0 Å². The molecule has 1 atom stereocenters. The van der Waals surface area contributed by atoms with Crippen molar-refractivity contribution >= 4 is 0 Å². The zero-order valence-corrected chi connectivity index (χ0v) is 12.0. The summed E-state index contributed by atoms with van der Waals surface area (Å²) in [5.74, 6) is 0.897. The summed E-state index contributed by atoms with van der Waals surface area (Å²) in [7, 11) is 2.08. The van der Waals surface area contributed by atoms with Crippen molar-refractivity contribution in [3.05, 3.63) is 0 Å². The van der Waals surface area contributed by atoms with Gasteiger partial charge in [-0.05, 0) is 51.9 Å². The van der Waals surface area contributed by atoms with Crippen LogP contribution in [0.4, 0.5) is 0 Å². The van der Waals surface area contributed by atoms with Crippen LogP contribution < -0.4 is 5.32 Å².